The summed E-state index contributed by atoms with van der Waals surface area (Å²) < 4.78 is 12.9. The van der Waals surface area contributed by atoms with Crippen LogP contribution in [0.15, 0.2) is 36.4 Å². The summed E-state index contributed by atoms with van der Waals surface area (Å²) in [5.41, 5.74) is 0.782. The molecule has 0 radical (unpaired) electrons. The van der Waals surface area contributed by atoms with E-state index in [1.165, 1.54) is 17.0 Å². The Balaban J connectivity index is 1.80. The first-order valence-corrected chi connectivity index (χ1v) is 9.27. The number of hydrogen-bond donors (Lipinski definition) is 2. The highest BCUT2D eigenvalue weighted by atomic mass is 32.1. The summed E-state index contributed by atoms with van der Waals surface area (Å²) >= 11 is 1.66. The lowest BCUT2D eigenvalue weighted by molar-refractivity contribution is -0.132. The minimum absolute atomic E-state index is 0.0361. The SMILES string of the molecule is Cc1ccc(CN(C(=O)CNC(=O)NCc2ccc(F)cc2)C(C)C)s1. The van der Waals surface area contributed by atoms with Crippen LogP contribution in [0.25, 0.3) is 0 Å². The van der Waals surface area contributed by atoms with Crippen molar-refractivity contribution in [2.75, 3.05) is 6.54 Å². The number of nitrogens with one attached hydrogen (secondary N) is 2. The predicted molar refractivity (Wildman–Crippen MR) is 101 cm³/mol. The Morgan fingerprint density at radius 1 is 1.12 bits per heavy atom. The molecule has 0 aliphatic rings. The largest absolute Gasteiger partial charge is 0.334 e. The maximum atomic E-state index is 12.9. The zero-order valence-corrected chi connectivity index (χ0v) is 16.0. The van der Waals surface area contributed by atoms with Gasteiger partial charge in [0.1, 0.15) is 5.82 Å². The molecule has 1 aromatic heterocycles. The second-order valence-corrected chi connectivity index (χ2v) is 7.66. The third kappa shape index (κ3) is 6.15. The number of benzene rings is 1. The summed E-state index contributed by atoms with van der Waals surface area (Å²) in [5, 5.41) is 5.23. The lowest BCUT2D eigenvalue weighted by atomic mass is 10.2. The molecule has 0 aliphatic carbocycles. The van der Waals surface area contributed by atoms with Crippen molar-refractivity contribution in [1.82, 2.24) is 15.5 Å². The molecule has 5 nitrogen and oxygen atoms in total. The number of amides is 3. The van der Waals surface area contributed by atoms with Gasteiger partial charge < -0.3 is 15.5 Å². The highest BCUT2D eigenvalue weighted by Gasteiger charge is 2.18. The van der Waals surface area contributed by atoms with Crippen LogP contribution in [0.4, 0.5) is 9.18 Å². The smallest absolute Gasteiger partial charge is 0.315 e. The minimum atomic E-state index is -0.432. The average Bonchev–Trinajstić information content (AvgIpc) is 3.02. The number of nitrogens with zero attached hydrogens (tertiary/aromatic N) is 1. The molecule has 2 aromatic rings. The molecule has 0 spiro atoms. The number of carbonyl (C=O) groups is 2. The fourth-order valence-electron chi connectivity index (χ4n) is 2.40. The minimum Gasteiger partial charge on any atom is -0.334 e. The van der Waals surface area contributed by atoms with E-state index in [4.69, 9.17) is 0 Å². The van der Waals surface area contributed by atoms with Gasteiger partial charge in [0.05, 0.1) is 13.1 Å². The Bertz CT molecular complexity index is 743. The van der Waals surface area contributed by atoms with Crippen LogP contribution in [0.1, 0.15) is 29.2 Å². The molecule has 0 bridgehead atoms. The zero-order valence-electron chi connectivity index (χ0n) is 15.2. The summed E-state index contributed by atoms with van der Waals surface area (Å²) in [6, 6.07) is 9.54. The van der Waals surface area contributed by atoms with E-state index in [2.05, 4.69) is 10.6 Å². The van der Waals surface area contributed by atoms with E-state index < -0.39 is 6.03 Å². The second-order valence-electron chi connectivity index (χ2n) is 6.29. The molecule has 0 atom stereocenters. The quantitative estimate of drug-likeness (QED) is 0.777. The van der Waals surface area contributed by atoms with Crippen LogP contribution in [-0.4, -0.2) is 29.4 Å². The molecule has 140 valence electrons. The molecule has 2 N–H and O–H groups in total. The van der Waals surface area contributed by atoms with Crippen molar-refractivity contribution in [3.8, 4) is 0 Å². The van der Waals surface area contributed by atoms with E-state index in [1.807, 2.05) is 32.9 Å². The van der Waals surface area contributed by atoms with Gasteiger partial charge in [-0.25, -0.2) is 9.18 Å². The molecule has 1 heterocycles. The third-order valence-electron chi connectivity index (χ3n) is 3.83. The van der Waals surface area contributed by atoms with Crippen molar-refractivity contribution < 1.29 is 14.0 Å². The summed E-state index contributed by atoms with van der Waals surface area (Å²) in [6.07, 6.45) is 0. The van der Waals surface area contributed by atoms with Gasteiger partial charge in [-0.05, 0) is 50.6 Å². The van der Waals surface area contributed by atoms with E-state index >= 15 is 0 Å². The number of urea groups is 1. The Kier molecular flexibility index (Phi) is 7.15. The molecule has 2 rings (SSSR count). The predicted octanol–water partition coefficient (Wildman–Crippen LogP) is 3.43. The van der Waals surface area contributed by atoms with Gasteiger partial charge in [-0.3, -0.25) is 4.79 Å². The van der Waals surface area contributed by atoms with Crippen LogP contribution in [0, 0.1) is 12.7 Å². The third-order valence-corrected chi connectivity index (χ3v) is 4.82. The number of rotatable bonds is 7. The number of carbonyl (C=O) groups excluding carboxylic acids is 2. The van der Waals surface area contributed by atoms with Crippen molar-refractivity contribution in [2.45, 2.75) is 39.9 Å². The summed E-state index contributed by atoms with van der Waals surface area (Å²) in [4.78, 5) is 28.4. The molecule has 7 heteroatoms. The Morgan fingerprint density at radius 2 is 1.81 bits per heavy atom. The van der Waals surface area contributed by atoms with Gasteiger partial charge in [-0.2, -0.15) is 0 Å². The molecule has 0 saturated carbocycles. The van der Waals surface area contributed by atoms with E-state index in [0.717, 1.165) is 10.4 Å². The monoisotopic (exact) mass is 377 g/mol. The Hall–Kier alpha value is -2.41. The Morgan fingerprint density at radius 3 is 2.38 bits per heavy atom. The van der Waals surface area contributed by atoms with Gasteiger partial charge >= 0.3 is 6.03 Å². The van der Waals surface area contributed by atoms with Gasteiger partial charge in [0.25, 0.3) is 0 Å². The summed E-state index contributed by atoms with van der Waals surface area (Å²) in [6.45, 7) is 6.66. The van der Waals surface area contributed by atoms with E-state index in [1.54, 1.807) is 28.4 Å². The molecule has 0 saturated heterocycles. The maximum absolute atomic E-state index is 12.9. The normalized spacial score (nSPS) is 10.7. The molecular weight excluding hydrogens is 353 g/mol. The van der Waals surface area contributed by atoms with Crippen LogP contribution < -0.4 is 10.6 Å². The number of halogens is 1. The van der Waals surface area contributed by atoms with Crippen molar-refractivity contribution in [2.24, 2.45) is 0 Å². The van der Waals surface area contributed by atoms with Crippen LogP contribution in [0.5, 0.6) is 0 Å². The Labute approximate surface area is 157 Å². The number of hydrogen-bond acceptors (Lipinski definition) is 3. The van der Waals surface area contributed by atoms with Gasteiger partial charge in [0.2, 0.25) is 5.91 Å². The second kappa shape index (κ2) is 9.33. The number of thiophene rings is 1. The summed E-state index contributed by atoms with van der Waals surface area (Å²) in [7, 11) is 0. The highest BCUT2D eigenvalue weighted by molar-refractivity contribution is 7.11. The van der Waals surface area contributed by atoms with Gasteiger partial charge in [0.15, 0.2) is 0 Å². The molecule has 26 heavy (non-hydrogen) atoms. The van der Waals surface area contributed by atoms with Gasteiger partial charge in [0, 0.05) is 22.3 Å². The molecule has 1 aromatic carbocycles. The average molecular weight is 377 g/mol. The van der Waals surface area contributed by atoms with Gasteiger partial charge in [-0.1, -0.05) is 12.1 Å². The molecular formula is C19H24FN3O2S. The first kappa shape index (κ1) is 19.9. The van der Waals surface area contributed by atoms with Crippen LogP contribution in [-0.2, 0) is 17.9 Å². The van der Waals surface area contributed by atoms with E-state index in [9.17, 15) is 14.0 Å². The molecule has 0 aliphatic heterocycles. The highest BCUT2D eigenvalue weighted by Crippen LogP contribution is 2.18. The van der Waals surface area contributed by atoms with Crippen LogP contribution in [0.3, 0.4) is 0 Å². The van der Waals surface area contributed by atoms with Crippen LogP contribution >= 0.6 is 11.3 Å². The first-order valence-electron chi connectivity index (χ1n) is 8.46. The first-order chi connectivity index (χ1) is 12.3. The van der Waals surface area contributed by atoms with Crippen molar-refractivity contribution in [3.05, 3.63) is 57.5 Å². The molecule has 0 fully saturated rings. The maximum Gasteiger partial charge on any atom is 0.315 e. The van der Waals surface area contributed by atoms with Crippen molar-refractivity contribution >= 4 is 23.3 Å². The molecule has 0 unspecified atom stereocenters. The van der Waals surface area contributed by atoms with Crippen LogP contribution in [0.2, 0.25) is 0 Å². The summed E-state index contributed by atoms with van der Waals surface area (Å²) in [5.74, 6) is -0.457. The van der Waals surface area contributed by atoms with E-state index in [-0.39, 0.29) is 30.9 Å². The standard InChI is InChI=1S/C19H24FN3O2S/c1-13(2)23(12-17-9-4-14(3)26-17)18(24)11-22-19(25)21-10-15-5-7-16(20)8-6-15/h4-9,13H,10-12H2,1-3H3,(H2,21,22,25). The molecule has 3 amide bonds. The fraction of sp³-hybridized carbons (Fsp3) is 0.368. The fourth-order valence-corrected chi connectivity index (χ4v) is 3.29. The van der Waals surface area contributed by atoms with Crippen molar-refractivity contribution in [1.29, 1.82) is 0 Å². The topological polar surface area (TPSA) is 61.4 Å². The van der Waals surface area contributed by atoms with Gasteiger partial charge in [-0.15, -0.1) is 11.3 Å². The lowest BCUT2D eigenvalue weighted by Gasteiger charge is -2.26. The number of aryl methyl sites for hydroxylation is 1. The van der Waals surface area contributed by atoms with Crippen molar-refractivity contribution in [3.63, 3.8) is 0 Å². The zero-order chi connectivity index (χ0) is 19.1. The van der Waals surface area contributed by atoms with E-state index in [0.29, 0.717) is 6.54 Å². The lowest BCUT2D eigenvalue weighted by Crippen LogP contribution is -2.45.